The summed E-state index contributed by atoms with van der Waals surface area (Å²) in [6.07, 6.45) is 37.6. The maximum absolute atomic E-state index is 2.93. The van der Waals surface area contributed by atoms with Crippen LogP contribution in [0.1, 0.15) is 130 Å². The Labute approximate surface area is 300 Å². The van der Waals surface area contributed by atoms with Gasteiger partial charge in [-0.3, -0.25) is 0 Å². The molecule has 2 heterocycles. The van der Waals surface area contributed by atoms with E-state index in [2.05, 4.69) is 101 Å². The molecule has 1 aliphatic heterocycles. The lowest BCUT2D eigenvalue weighted by molar-refractivity contribution is 0.285. The zero-order valence-corrected chi connectivity index (χ0v) is 30.0. The number of allylic oxidation sites excluding steroid dienone is 8. The maximum Gasteiger partial charge on any atom is 0.0554 e. The van der Waals surface area contributed by atoms with Crippen molar-refractivity contribution in [2.24, 2.45) is 17.8 Å². The van der Waals surface area contributed by atoms with Crippen LogP contribution in [-0.4, -0.2) is 10.6 Å². The van der Waals surface area contributed by atoms with Gasteiger partial charge in [0.25, 0.3) is 0 Å². The Kier molecular flexibility index (Phi) is 8.11. The van der Waals surface area contributed by atoms with Crippen molar-refractivity contribution in [2.75, 3.05) is 4.90 Å². The summed E-state index contributed by atoms with van der Waals surface area (Å²) in [7, 11) is 0. The van der Waals surface area contributed by atoms with Crippen molar-refractivity contribution in [3.05, 3.63) is 130 Å². The third-order valence-electron chi connectivity index (χ3n) is 13.9. The van der Waals surface area contributed by atoms with Gasteiger partial charge in [-0.2, -0.15) is 0 Å². The van der Waals surface area contributed by atoms with E-state index in [-0.39, 0.29) is 0 Å². The summed E-state index contributed by atoms with van der Waals surface area (Å²) < 4.78 is 2.93. The molecule has 256 valence electrons. The van der Waals surface area contributed by atoms with E-state index in [1.807, 2.05) is 5.57 Å². The molecule has 7 aliphatic rings. The average molecular weight is 659 g/mol. The Morgan fingerprint density at radius 3 is 2.40 bits per heavy atom. The first kappa shape index (κ1) is 31.0. The van der Waals surface area contributed by atoms with Crippen LogP contribution >= 0.6 is 0 Å². The van der Waals surface area contributed by atoms with Gasteiger partial charge >= 0.3 is 0 Å². The first-order valence-electron chi connectivity index (χ1n) is 20.5. The van der Waals surface area contributed by atoms with Crippen molar-refractivity contribution in [1.82, 2.24) is 4.57 Å². The zero-order valence-electron chi connectivity index (χ0n) is 30.0. The summed E-state index contributed by atoms with van der Waals surface area (Å²) in [6.45, 7) is 0. The van der Waals surface area contributed by atoms with Gasteiger partial charge in [0, 0.05) is 34.7 Å². The van der Waals surface area contributed by atoms with E-state index in [0.717, 1.165) is 18.8 Å². The Morgan fingerprint density at radius 2 is 1.52 bits per heavy atom. The van der Waals surface area contributed by atoms with Gasteiger partial charge in [-0.25, -0.2) is 0 Å². The molecule has 1 saturated heterocycles. The fraction of sp³-hybridized carbons (Fsp3) is 0.458. The lowest BCUT2D eigenvalue weighted by Gasteiger charge is -2.35. The summed E-state index contributed by atoms with van der Waals surface area (Å²) in [5, 5.41) is 0. The van der Waals surface area contributed by atoms with Crippen LogP contribution in [0, 0.1) is 17.8 Å². The van der Waals surface area contributed by atoms with Gasteiger partial charge in [-0.05, 0) is 185 Å². The highest BCUT2D eigenvalue weighted by atomic mass is 15.2. The molecule has 10 rings (SSSR count). The average Bonchev–Trinajstić information content (AvgIpc) is 3.71. The number of benzene rings is 2. The zero-order chi connectivity index (χ0) is 33.0. The van der Waals surface area contributed by atoms with Gasteiger partial charge in [-0.15, -0.1) is 0 Å². The monoisotopic (exact) mass is 658 g/mol. The minimum absolute atomic E-state index is 0.477. The molecule has 1 saturated carbocycles. The van der Waals surface area contributed by atoms with Crippen LogP contribution in [0.4, 0.5) is 5.69 Å². The number of para-hydroxylation sites is 1. The van der Waals surface area contributed by atoms with Crippen LogP contribution in [-0.2, 0) is 19.3 Å². The summed E-state index contributed by atoms with van der Waals surface area (Å²) in [6, 6.07) is 21.9. The summed E-state index contributed by atoms with van der Waals surface area (Å²) in [4.78, 5) is 2.67. The normalized spacial score (nSPS) is 28.8. The SMILES string of the molecule is C1=CC2C(CC1)C1CC=C(c3cccc(C4=Cc5c6c(n(C7CCC(C8=CCCCC8)CC7)c5CC4)CCCC6)c3)C=C1N2c1ccccc1. The van der Waals surface area contributed by atoms with Crippen LogP contribution in [0.3, 0.4) is 0 Å². The standard InChI is InChI=1S/C48H54N2/c1-3-12-33(13-4-1)34-22-26-40(27-23-34)49-46-21-10-8-19-42(46)44-31-37(25-29-47(44)49)35-14-11-15-36(30-35)38-24-28-43-41-18-7-9-20-45(41)50(48(43)32-38)39-16-5-2-6-17-39/h2,5-6,9,11-12,14-17,20,24,30-32,34,40-41,43,45H,1,3-4,7-8,10,13,18-19,21-23,25-29H2. The summed E-state index contributed by atoms with van der Waals surface area (Å²) in [5.41, 5.74) is 17.2. The third kappa shape index (κ3) is 5.35. The molecule has 50 heavy (non-hydrogen) atoms. The number of fused-ring (bicyclic) bond motifs is 6. The van der Waals surface area contributed by atoms with Crippen LogP contribution in [0.15, 0.2) is 96.2 Å². The van der Waals surface area contributed by atoms with E-state index >= 15 is 0 Å². The highest BCUT2D eigenvalue weighted by molar-refractivity contribution is 5.88. The fourth-order valence-corrected chi connectivity index (χ4v) is 11.5. The smallest absolute Gasteiger partial charge is 0.0554 e. The lowest BCUT2D eigenvalue weighted by atomic mass is 9.78. The molecule has 0 amide bonds. The first-order chi connectivity index (χ1) is 24.8. The van der Waals surface area contributed by atoms with Gasteiger partial charge in [0.1, 0.15) is 0 Å². The molecule has 0 radical (unpaired) electrons. The van der Waals surface area contributed by atoms with Crippen molar-refractivity contribution in [1.29, 1.82) is 0 Å². The van der Waals surface area contributed by atoms with Gasteiger partial charge in [0.2, 0.25) is 0 Å². The van der Waals surface area contributed by atoms with Crippen molar-refractivity contribution in [3.8, 4) is 0 Å². The number of hydrogen-bond acceptors (Lipinski definition) is 1. The largest absolute Gasteiger partial charge is 0.345 e. The Bertz CT molecular complexity index is 1920. The van der Waals surface area contributed by atoms with E-state index < -0.39 is 0 Å². The topological polar surface area (TPSA) is 8.17 Å². The van der Waals surface area contributed by atoms with Crippen LogP contribution in [0.2, 0.25) is 0 Å². The highest BCUT2D eigenvalue weighted by Gasteiger charge is 2.45. The van der Waals surface area contributed by atoms with Crippen LogP contribution in [0.25, 0.3) is 17.2 Å². The molecule has 2 nitrogen and oxygen atoms in total. The molecule has 3 unspecified atom stereocenters. The Hall–Kier alpha value is -3.78. The second-order valence-corrected chi connectivity index (χ2v) is 16.6. The lowest BCUT2D eigenvalue weighted by Crippen LogP contribution is -2.31. The van der Waals surface area contributed by atoms with Gasteiger partial charge < -0.3 is 9.47 Å². The molecule has 3 atom stereocenters. The summed E-state index contributed by atoms with van der Waals surface area (Å²) in [5.74, 6) is 2.19. The molecular formula is C48H54N2. The minimum atomic E-state index is 0.477. The predicted molar refractivity (Wildman–Crippen MR) is 210 cm³/mol. The number of anilines is 1. The first-order valence-corrected chi connectivity index (χ1v) is 20.5. The van der Waals surface area contributed by atoms with E-state index in [4.69, 9.17) is 0 Å². The Balaban J connectivity index is 0.945. The van der Waals surface area contributed by atoms with E-state index in [1.54, 1.807) is 28.1 Å². The third-order valence-corrected chi connectivity index (χ3v) is 13.9. The molecule has 0 N–H and O–H groups in total. The summed E-state index contributed by atoms with van der Waals surface area (Å²) >= 11 is 0. The maximum atomic E-state index is 2.93. The molecule has 3 aromatic rings. The number of aromatic nitrogens is 1. The van der Waals surface area contributed by atoms with Crippen molar-refractivity contribution >= 4 is 22.9 Å². The molecule has 0 spiro atoms. The quantitative estimate of drug-likeness (QED) is 0.248. The Morgan fingerprint density at radius 1 is 0.660 bits per heavy atom. The van der Waals surface area contributed by atoms with Crippen molar-refractivity contribution in [2.45, 2.75) is 121 Å². The number of rotatable bonds is 5. The molecule has 6 aliphatic carbocycles. The van der Waals surface area contributed by atoms with Crippen LogP contribution in [0.5, 0.6) is 0 Å². The molecule has 2 aromatic carbocycles. The van der Waals surface area contributed by atoms with E-state index in [0.29, 0.717) is 23.9 Å². The minimum Gasteiger partial charge on any atom is -0.345 e. The molecule has 2 heteroatoms. The van der Waals surface area contributed by atoms with Crippen molar-refractivity contribution in [3.63, 3.8) is 0 Å². The van der Waals surface area contributed by atoms with Crippen molar-refractivity contribution < 1.29 is 0 Å². The van der Waals surface area contributed by atoms with Crippen LogP contribution < -0.4 is 4.90 Å². The van der Waals surface area contributed by atoms with E-state index in [1.165, 1.54) is 124 Å². The van der Waals surface area contributed by atoms with E-state index in [9.17, 15) is 0 Å². The van der Waals surface area contributed by atoms with Gasteiger partial charge in [0.05, 0.1) is 6.04 Å². The second kappa shape index (κ2) is 13.1. The highest BCUT2D eigenvalue weighted by Crippen LogP contribution is 2.51. The molecular weight excluding hydrogens is 605 g/mol. The number of nitrogens with zero attached hydrogens (tertiary/aromatic N) is 2. The fourth-order valence-electron chi connectivity index (χ4n) is 11.5. The molecule has 0 bridgehead atoms. The molecule has 2 fully saturated rings. The number of hydrogen-bond donors (Lipinski definition) is 0. The van der Waals surface area contributed by atoms with Gasteiger partial charge in [0.15, 0.2) is 0 Å². The molecule has 1 aromatic heterocycles. The van der Waals surface area contributed by atoms with Gasteiger partial charge in [-0.1, -0.05) is 66.3 Å². The second-order valence-electron chi connectivity index (χ2n) is 16.6. The predicted octanol–water partition coefficient (Wildman–Crippen LogP) is 12.2.